The van der Waals surface area contributed by atoms with Gasteiger partial charge in [0, 0.05) is 11.1 Å². The quantitative estimate of drug-likeness (QED) is 0.238. The van der Waals surface area contributed by atoms with Gasteiger partial charge in [-0.2, -0.15) is 0 Å². The normalized spacial score (nSPS) is 15.6. The van der Waals surface area contributed by atoms with E-state index in [1.54, 1.807) is 18.2 Å². The molecule has 0 atom stereocenters. The second-order valence-corrected chi connectivity index (χ2v) is 7.36. The van der Waals surface area contributed by atoms with Gasteiger partial charge in [0.2, 0.25) is 0 Å². The molecule has 26 heavy (non-hydrogen) atoms. The molecule has 2 heteroatoms. The van der Waals surface area contributed by atoms with E-state index in [1.807, 2.05) is 18.2 Å². The standard InChI is InChI=1S/C24H32O2/c1-3-5-6-7-8-9-10-11-12-15-19-24(18-4-2)22(25)20-16-13-14-17-21(20)23(24)26/h4,12-17H,2-3,5-11,18-19H2,1H3. The Kier molecular flexibility index (Phi) is 8.03. The number of fused-ring (bicyclic) bond motifs is 1. The highest BCUT2D eigenvalue weighted by molar-refractivity contribution is 6.29. The molecular weight excluding hydrogens is 320 g/mol. The number of carbonyl (C=O) groups is 2. The molecule has 1 aromatic rings. The maximum absolute atomic E-state index is 12.9. The summed E-state index contributed by atoms with van der Waals surface area (Å²) >= 11 is 0. The fourth-order valence-electron chi connectivity index (χ4n) is 3.82. The minimum atomic E-state index is -0.970. The molecule has 0 fully saturated rings. The zero-order chi connectivity index (χ0) is 18.8. The van der Waals surface area contributed by atoms with E-state index in [0.29, 0.717) is 24.0 Å². The Bertz CT molecular complexity index is 619. The van der Waals surface area contributed by atoms with Crippen molar-refractivity contribution in [3.05, 3.63) is 60.2 Å². The van der Waals surface area contributed by atoms with Gasteiger partial charge in [-0.1, -0.05) is 87.9 Å². The van der Waals surface area contributed by atoms with E-state index in [4.69, 9.17) is 0 Å². The lowest BCUT2D eigenvalue weighted by Gasteiger charge is -2.22. The van der Waals surface area contributed by atoms with Gasteiger partial charge in [-0.15, -0.1) is 6.58 Å². The molecule has 1 aromatic carbocycles. The maximum atomic E-state index is 12.9. The number of rotatable bonds is 12. The number of hydrogen-bond donors (Lipinski definition) is 0. The Morgan fingerprint density at radius 3 is 2.00 bits per heavy atom. The van der Waals surface area contributed by atoms with Crippen molar-refractivity contribution in [2.75, 3.05) is 0 Å². The number of ketones is 2. The van der Waals surface area contributed by atoms with Gasteiger partial charge in [-0.25, -0.2) is 0 Å². The molecule has 1 aliphatic carbocycles. The maximum Gasteiger partial charge on any atom is 0.178 e. The van der Waals surface area contributed by atoms with E-state index >= 15 is 0 Å². The third kappa shape index (κ3) is 4.60. The van der Waals surface area contributed by atoms with Crippen LogP contribution in [0.4, 0.5) is 0 Å². The van der Waals surface area contributed by atoms with E-state index in [2.05, 4.69) is 19.6 Å². The van der Waals surface area contributed by atoms with Gasteiger partial charge in [-0.05, 0) is 25.7 Å². The van der Waals surface area contributed by atoms with E-state index in [0.717, 1.165) is 6.42 Å². The van der Waals surface area contributed by atoms with Gasteiger partial charge in [0.15, 0.2) is 11.6 Å². The molecule has 0 aromatic heterocycles. The first-order valence-electron chi connectivity index (χ1n) is 10.1. The molecule has 0 aliphatic heterocycles. The van der Waals surface area contributed by atoms with Crippen LogP contribution in [0.5, 0.6) is 0 Å². The molecule has 1 aliphatic rings. The van der Waals surface area contributed by atoms with Crippen LogP contribution >= 0.6 is 0 Å². The van der Waals surface area contributed by atoms with E-state index in [-0.39, 0.29) is 11.6 Å². The van der Waals surface area contributed by atoms with Crippen molar-refractivity contribution in [3.8, 4) is 0 Å². The minimum absolute atomic E-state index is 0.0430. The molecule has 0 amide bonds. The first-order chi connectivity index (χ1) is 12.7. The Balaban J connectivity index is 1.87. The van der Waals surface area contributed by atoms with Crippen LogP contribution < -0.4 is 0 Å². The largest absolute Gasteiger partial charge is 0.293 e. The summed E-state index contributed by atoms with van der Waals surface area (Å²) in [4.78, 5) is 25.8. The molecule has 0 saturated carbocycles. The number of unbranched alkanes of at least 4 members (excludes halogenated alkanes) is 7. The Labute approximate surface area is 158 Å². The van der Waals surface area contributed by atoms with Crippen LogP contribution in [-0.2, 0) is 0 Å². The lowest BCUT2D eigenvalue weighted by atomic mass is 9.76. The van der Waals surface area contributed by atoms with Crippen molar-refractivity contribution in [1.82, 2.24) is 0 Å². The van der Waals surface area contributed by atoms with E-state index in [1.165, 1.54) is 44.9 Å². The highest BCUT2D eigenvalue weighted by Crippen LogP contribution is 2.42. The predicted molar refractivity (Wildman–Crippen MR) is 109 cm³/mol. The fourth-order valence-corrected chi connectivity index (χ4v) is 3.82. The lowest BCUT2D eigenvalue weighted by Crippen LogP contribution is -2.32. The van der Waals surface area contributed by atoms with Crippen LogP contribution in [0.15, 0.2) is 49.1 Å². The summed E-state index contributed by atoms with van der Waals surface area (Å²) in [6.07, 6.45) is 16.8. The van der Waals surface area contributed by atoms with Gasteiger partial charge < -0.3 is 0 Å². The summed E-state index contributed by atoms with van der Waals surface area (Å²) < 4.78 is 0. The van der Waals surface area contributed by atoms with Crippen molar-refractivity contribution in [1.29, 1.82) is 0 Å². The van der Waals surface area contributed by atoms with Gasteiger partial charge in [-0.3, -0.25) is 9.59 Å². The summed E-state index contributed by atoms with van der Waals surface area (Å²) in [5.41, 5.74) is 0.168. The zero-order valence-electron chi connectivity index (χ0n) is 16.1. The third-order valence-electron chi connectivity index (χ3n) is 5.39. The van der Waals surface area contributed by atoms with E-state index in [9.17, 15) is 9.59 Å². The highest BCUT2D eigenvalue weighted by Gasteiger charge is 2.50. The fraction of sp³-hybridized carbons (Fsp3) is 0.500. The molecule has 0 heterocycles. The Hall–Kier alpha value is -1.96. The molecule has 0 spiro atoms. The molecule has 0 N–H and O–H groups in total. The molecule has 0 saturated heterocycles. The molecule has 2 nitrogen and oxygen atoms in total. The van der Waals surface area contributed by atoms with Crippen LogP contribution in [0, 0.1) is 5.41 Å². The summed E-state index contributed by atoms with van der Waals surface area (Å²) in [6.45, 7) is 6.01. The van der Waals surface area contributed by atoms with Crippen LogP contribution in [0.25, 0.3) is 0 Å². The van der Waals surface area contributed by atoms with Crippen molar-refractivity contribution in [3.63, 3.8) is 0 Å². The minimum Gasteiger partial charge on any atom is -0.293 e. The molecule has 140 valence electrons. The van der Waals surface area contributed by atoms with Crippen LogP contribution in [0.1, 0.15) is 91.8 Å². The zero-order valence-corrected chi connectivity index (χ0v) is 16.1. The molecule has 0 radical (unpaired) electrons. The second kappa shape index (κ2) is 10.3. The Morgan fingerprint density at radius 1 is 0.846 bits per heavy atom. The van der Waals surface area contributed by atoms with Crippen molar-refractivity contribution < 1.29 is 9.59 Å². The summed E-state index contributed by atoms with van der Waals surface area (Å²) in [5, 5.41) is 0. The van der Waals surface area contributed by atoms with Gasteiger partial charge in [0.25, 0.3) is 0 Å². The van der Waals surface area contributed by atoms with Gasteiger partial charge >= 0.3 is 0 Å². The average molecular weight is 353 g/mol. The van der Waals surface area contributed by atoms with Crippen molar-refractivity contribution >= 4 is 11.6 Å². The summed E-state index contributed by atoms with van der Waals surface area (Å²) in [5.74, 6) is -0.0860. The summed E-state index contributed by atoms with van der Waals surface area (Å²) in [6, 6.07) is 7.18. The second-order valence-electron chi connectivity index (χ2n) is 7.36. The number of allylic oxidation sites excluding steroid dienone is 3. The molecule has 2 rings (SSSR count). The predicted octanol–water partition coefficient (Wildman–Crippen LogP) is 6.72. The topological polar surface area (TPSA) is 34.1 Å². The molecular formula is C24H32O2. The average Bonchev–Trinajstić information content (AvgIpc) is 2.86. The van der Waals surface area contributed by atoms with Crippen LogP contribution in [-0.4, -0.2) is 11.6 Å². The number of carbonyl (C=O) groups excluding carboxylic acids is 2. The van der Waals surface area contributed by atoms with Crippen molar-refractivity contribution in [2.24, 2.45) is 5.41 Å². The molecule has 0 unspecified atom stereocenters. The third-order valence-corrected chi connectivity index (χ3v) is 5.39. The first kappa shape index (κ1) is 20.4. The number of Topliss-reactive ketones (excluding diaryl/α,β-unsaturated/α-hetero) is 2. The molecule has 0 bridgehead atoms. The van der Waals surface area contributed by atoms with Crippen LogP contribution in [0.3, 0.4) is 0 Å². The smallest absolute Gasteiger partial charge is 0.178 e. The van der Waals surface area contributed by atoms with Gasteiger partial charge in [0.1, 0.15) is 5.41 Å². The summed E-state index contributed by atoms with van der Waals surface area (Å²) in [7, 11) is 0. The monoisotopic (exact) mass is 352 g/mol. The lowest BCUT2D eigenvalue weighted by molar-refractivity contribution is 0.0703. The van der Waals surface area contributed by atoms with Gasteiger partial charge in [0.05, 0.1) is 0 Å². The SMILES string of the molecule is C=CCC1(CC=CCCCCCCCCC)C(=O)c2ccccc2C1=O. The first-order valence-corrected chi connectivity index (χ1v) is 10.1. The highest BCUT2D eigenvalue weighted by atomic mass is 16.2. The number of benzene rings is 1. The van der Waals surface area contributed by atoms with Crippen molar-refractivity contribution in [2.45, 2.75) is 71.1 Å². The van der Waals surface area contributed by atoms with Crippen LogP contribution in [0.2, 0.25) is 0 Å². The Morgan fingerprint density at radius 2 is 1.42 bits per heavy atom. The number of hydrogen-bond acceptors (Lipinski definition) is 2. The van der Waals surface area contributed by atoms with E-state index < -0.39 is 5.41 Å².